The second-order valence-corrected chi connectivity index (χ2v) is 5.83. The Morgan fingerprint density at radius 2 is 2.13 bits per heavy atom. The van der Waals surface area contributed by atoms with Crippen LogP contribution in [0.5, 0.6) is 5.75 Å². The van der Waals surface area contributed by atoms with Crippen LogP contribution in [0.4, 0.5) is 4.79 Å². The van der Waals surface area contributed by atoms with Crippen molar-refractivity contribution in [1.82, 2.24) is 5.32 Å². The van der Waals surface area contributed by atoms with Crippen molar-refractivity contribution < 1.29 is 33.1 Å². The molecular weight excluding hydrogens is 302 g/mol. The Hall–Kier alpha value is -2.57. The number of alkyl carbamates (subject to hydrolysis) is 1. The van der Waals surface area contributed by atoms with Gasteiger partial charge in [-0.3, -0.25) is 4.79 Å². The normalized spacial score (nSPS) is 14.7. The van der Waals surface area contributed by atoms with E-state index in [4.69, 9.17) is 13.6 Å². The number of rotatable bonds is 6. The molecule has 0 spiro atoms. The predicted octanol–water partition coefficient (Wildman–Crippen LogP) is 2.03. The van der Waals surface area contributed by atoms with E-state index in [0.717, 1.165) is 0 Å². The molecule has 1 atom stereocenters. The first-order valence-electron chi connectivity index (χ1n) is 8.30. The van der Waals surface area contributed by atoms with Crippen molar-refractivity contribution in [3.8, 4) is 5.75 Å². The molecule has 0 saturated heterocycles. The van der Waals surface area contributed by atoms with Crippen LogP contribution in [0, 0.1) is 0 Å². The number of hydrogen-bond donors (Lipinski definition) is 2. The summed E-state index contributed by atoms with van der Waals surface area (Å²) in [5.41, 5.74) is -0.431. The summed E-state index contributed by atoms with van der Waals surface area (Å²) in [4.78, 5) is 34.3. The van der Waals surface area contributed by atoms with Crippen molar-refractivity contribution >= 4 is 18.3 Å². The first-order valence-corrected chi connectivity index (χ1v) is 6.80. The molecule has 0 heterocycles. The lowest BCUT2D eigenvalue weighted by Crippen LogP contribution is -2.44. The minimum atomic E-state index is -2.72. The number of carbonyl (C=O) groups excluding carboxylic acids is 2. The summed E-state index contributed by atoms with van der Waals surface area (Å²) in [6.45, 7) is 4.92. The molecule has 126 valence electrons. The SMILES string of the molecule is [2H]C([2H])([2H])Oc1ccc(C[C@H](NC(=O)OC(C)(C)C)C(=O)O)cc1C=O. The number of amides is 1. The van der Waals surface area contributed by atoms with Gasteiger partial charge in [-0.05, 0) is 38.5 Å². The fraction of sp³-hybridized carbons (Fsp3) is 0.438. The molecule has 1 amide bonds. The van der Waals surface area contributed by atoms with Gasteiger partial charge < -0.3 is 19.9 Å². The van der Waals surface area contributed by atoms with Crippen LogP contribution in [-0.2, 0) is 16.0 Å². The average Bonchev–Trinajstić information content (AvgIpc) is 2.44. The molecule has 0 aliphatic rings. The Morgan fingerprint density at radius 1 is 1.43 bits per heavy atom. The van der Waals surface area contributed by atoms with E-state index < -0.39 is 30.7 Å². The molecule has 1 aromatic rings. The monoisotopic (exact) mass is 326 g/mol. The largest absolute Gasteiger partial charge is 0.496 e. The van der Waals surface area contributed by atoms with Crippen LogP contribution in [0.3, 0.4) is 0 Å². The maximum Gasteiger partial charge on any atom is 0.408 e. The number of hydrogen-bond acceptors (Lipinski definition) is 5. The molecule has 1 aromatic carbocycles. The van der Waals surface area contributed by atoms with Crippen LogP contribution in [0.1, 0.15) is 40.8 Å². The lowest BCUT2D eigenvalue weighted by molar-refractivity contribution is -0.139. The van der Waals surface area contributed by atoms with Gasteiger partial charge in [-0.15, -0.1) is 0 Å². The minimum absolute atomic E-state index is 0.0416. The van der Waals surface area contributed by atoms with Gasteiger partial charge in [-0.25, -0.2) is 9.59 Å². The van der Waals surface area contributed by atoms with Gasteiger partial charge in [-0.1, -0.05) is 6.07 Å². The van der Waals surface area contributed by atoms with Gasteiger partial charge in [0.25, 0.3) is 0 Å². The summed E-state index contributed by atoms with van der Waals surface area (Å²) in [6, 6.07) is 2.69. The van der Waals surface area contributed by atoms with Gasteiger partial charge in [0.05, 0.1) is 16.7 Å². The molecule has 0 aromatic heterocycles. The summed E-state index contributed by atoms with van der Waals surface area (Å²) < 4.78 is 30.9. The van der Waals surface area contributed by atoms with E-state index in [1.165, 1.54) is 18.2 Å². The first-order chi connectivity index (χ1) is 11.8. The number of carbonyl (C=O) groups is 3. The molecule has 1 rings (SSSR count). The summed E-state index contributed by atoms with van der Waals surface area (Å²) in [5.74, 6) is -1.43. The molecule has 23 heavy (non-hydrogen) atoms. The fourth-order valence-corrected chi connectivity index (χ4v) is 1.80. The highest BCUT2D eigenvalue weighted by atomic mass is 16.6. The van der Waals surface area contributed by atoms with E-state index in [2.05, 4.69) is 5.32 Å². The average molecular weight is 326 g/mol. The summed E-state index contributed by atoms with van der Waals surface area (Å²) in [6.07, 6.45) is -0.617. The standard InChI is InChI=1S/C16H21NO6/c1-16(2,3)23-15(21)17-12(14(19)20)8-10-5-6-13(22-4)11(7-10)9-18/h5-7,9,12H,8H2,1-4H3,(H,17,21)(H,19,20)/t12-/m0/s1/i4D3. The number of aliphatic carboxylic acids is 1. The maximum atomic E-state index is 11.8. The quantitative estimate of drug-likeness (QED) is 0.776. The topological polar surface area (TPSA) is 102 Å². The van der Waals surface area contributed by atoms with E-state index in [9.17, 15) is 19.5 Å². The third-order valence-electron chi connectivity index (χ3n) is 2.74. The minimum Gasteiger partial charge on any atom is -0.496 e. The van der Waals surface area contributed by atoms with Crippen LogP contribution in [0.25, 0.3) is 0 Å². The molecule has 0 saturated carbocycles. The number of carboxylic acid groups (broad SMARTS) is 1. The van der Waals surface area contributed by atoms with E-state index in [0.29, 0.717) is 11.8 Å². The molecule has 0 bridgehead atoms. The van der Waals surface area contributed by atoms with Crippen LogP contribution in [0.2, 0.25) is 0 Å². The zero-order valence-corrected chi connectivity index (χ0v) is 13.1. The highest BCUT2D eigenvalue weighted by molar-refractivity contribution is 5.81. The zero-order valence-electron chi connectivity index (χ0n) is 16.1. The molecule has 0 aliphatic carbocycles. The van der Waals surface area contributed by atoms with E-state index in [1.54, 1.807) is 20.8 Å². The van der Waals surface area contributed by atoms with E-state index in [1.807, 2.05) is 0 Å². The highest BCUT2D eigenvalue weighted by Crippen LogP contribution is 2.19. The van der Waals surface area contributed by atoms with E-state index in [-0.39, 0.29) is 17.7 Å². The second kappa shape index (κ2) is 7.62. The van der Waals surface area contributed by atoms with Gasteiger partial charge in [-0.2, -0.15) is 0 Å². The molecule has 7 nitrogen and oxygen atoms in total. The Kier molecular flexibility index (Phi) is 4.65. The Morgan fingerprint density at radius 3 is 2.65 bits per heavy atom. The van der Waals surface area contributed by atoms with Gasteiger partial charge in [0.15, 0.2) is 6.29 Å². The van der Waals surface area contributed by atoms with Crippen LogP contribution >= 0.6 is 0 Å². The molecular formula is C16H21NO6. The Balaban J connectivity index is 2.94. The van der Waals surface area contributed by atoms with E-state index >= 15 is 0 Å². The lowest BCUT2D eigenvalue weighted by Gasteiger charge is -2.22. The number of aldehydes is 1. The third kappa shape index (κ3) is 5.98. The smallest absolute Gasteiger partial charge is 0.408 e. The van der Waals surface area contributed by atoms with Crippen molar-refractivity contribution in [2.24, 2.45) is 0 Å². The summed E-state index contributed by atoms with van der Waals surface area (Å²) in [7, 11) is -2.72. The first kappa shape index (κ1) is 14.0. The van der Waals surface area contributed by atoms with Gasteiger partial charge >= 0.3 is 12.1 Å². The molecule has 0 radical (unpaired) electrons. The van der Waals surface area contributed by atoms with Crippen molar-refractivity contribution in [3.63, 3.8) is 0 Å². The van der Waals surface area contributed by atoms with Crippen molar-refractivity contribution in [3.05, 3.63) is 29.3 Å². The second-order valence-electron chi connectivity index (χ2n) is 5.83. The molecule has 0 unspecified atom stereocenters. The number of methoxy groups -OCH3 is 1. The van der Waals surface area contributed by atoms with Crippen molar-refractivity contribution in [2.75, 3.05) is 7.04 Å². The molecule has 0 fully saturated rings. The highest BCUT2D eigenvalue weighted by Gasteiger charge is 2.24. The molecule has 7 heteroatoms. The number of nitrogens with one attached hydrogen (secondary N) is 1. The van der Waals surface area contributed by atoms with Crippen LogP contribution < -0.4 is 10.1 Å². The summed E-state index contributed by atoms with van der Waals surface area (Å²) >= 11 is 0. The number of benzene rings is 1. The summed E-state index contributed by atoms with van der Waals surface area (Å²) in [5, 5.41) is 11.5. The van der Waals surface area contributed by atoms with Crippen molar-refractivity contribution in [2.45, 2.75) is 38.8 Å². The number of ether oxygens (including phenoxy) is 2. The van der Waals surface area contributed by atoms with Gasteiger partial charge in [0, 0.05) is 6.42 Å². The zero-order chi connectivity index (χ0) is 20.1. The third-order valence-corrected chi connectivity index (χ3v) is 2.74. The van der Waals surface area contributed by atoms with Crippen LogP contribution in [0.15, 0.2) is 18.2 Å². The van der Waals surface area contributed by atoms with Gasteiger partial charge in [0.1, 0.15) is 17.4 Å². The molecule has 0 aliphatic heterocycles. The van der Waals surface area contributed by atoms with Crippen LogP contribution in [-0.4, -0.2) is 42.1 Å². The lowest BCUT2D eigenvalue weighted by atomic mass is 10.0. The van der Waals surface area contributed by atoms with Crippen molar-refractivity contribution in [1.29, 1.82) is 0 Å². The Labute approximate surface area is 138 Å². The molecule has 2 N–H and O–H groups in total. The number of carboxylic acids is 1. The predicted molar refractivity (Wildman–Crippen MR) is 82.9 cm³/mol. The van der Waals surface area contributed by atoms with Gasteiger partial charge in [0.2, 0.25) is 0 Å². The Bertz CT molecular complexity index is 682. The maximum absolute atomic E-state index is 11.8. The fourth-order valence-electron chi connectivity index (χ4n) is 1.80.